The number of hydrogen-bond acceptors (Lipinski definition) is 4. The molecule has 2 aliphatic heterocycles. The van der Waals surface area contributed by atoms with Gasteiger partial charge in [-0.1, -0.05) is 6.92 Å². The van der Waals surface area contributed by atoms with Crippen molar-refractivity contribution in [3.8, 4) is 0 Å². The van der Waals surface area contributed by atoms with Gasteiger partial charge in [0.05, 0.1) is 11.7 Å². The van der Waals surface area contributed by atoms with Crippen molar-refractivity contribution in [2.24, 2.45) is 17.7 Å². The molecule has 0 aromatic rings. The smallest absolute Gasteiger partial charge is 0.0685 e. The Morgan fingerprint density at radius 2 is 2.16 bits per heavy atom. The Morgan fingerprint density at radius 3 is 2.79 bits per heavy atom. The fourth-order valence-corrected chi connectivity index (χ4v) is 4.40. The van der Waals surface area contributed by atoms with E-state index in [0.29, 0.717) is 24.0 Å². The van der Waals surface area contributed by atoms with Crippen LogP contribution < -0.4 is 11.3 Å². The van der Waals surface area contributed by atoms with Crippen LogP contribution in [-0.4, -0.2) is 31.0 Å². The Balaban J connectivity index is 1.67. The van der Waals surface area contributed by atoms with Gasteiger partial charge in [0.2, 0.25) is 0 Å². The molecule has 3 rings (SSSR count). The van der Waals surface area contributed by atoms with E-state index in [0.717, 1.165) is 32.5 Å². The zero-order valence-electron chi connectivity index (χ0n) is 12.1. The molecule has 0 bridgehead atoms. The molecule has 3 aliphatic rings. The molecule has 3 fully saturated rings. The predicted molar refractivity (Wildman–Crippen MR) is 74.5 cm³/mol. The van der Waals surface area contributed by atoms with E-state index in [2.05, 4.69) is 12.3 Å². The van der Waals surface area contributed by atoms with Crippen LogP contribution in [0.5, 0.6) is 0 Å². The summed E-state index contributed by atoms with van der Waals surface area (Å²) in [6, 6.07) is 0.397. The Kier molecular flexibility index (Phi) is 4.13. The number of hydrogen-bond donors (Lipinski definition) is 2. The molecule has 1 saturated carbocycles. The number of nitrogens with one attached hydrogen (secondary N) is 1. The van der Waals surface area contributed by atoms with Crippen molar-refractivity contribution < 1.29 is 9.47 Å². The van der Waals surface area contributed by atoms with Crippen molar-refractivity contribution >= 4 is 0 Å². The zero-order valence-corrected chi connectivity index (χ0v) is 12.1. The minimum Gasteiger partial charge on any atom is -0.378 e. The number of hydrazine groups is 1. The number of nitrogens with two attached hydrogens (primary N) is 1. The molecule has 19 heavy (non-hydrogen) atoms. The highest BCUT2D eigenvalue weighted by molar-refractivity contribution is 4.99. The van der Waals surface area contributed by atoms with Crippen LogP contribution in [0.15, 0.2) is 0 Å². The second-order valence-electron chi connectivity index (χ2n) is 6.60. The fraction of sp³-hybridized carbons (Fsp3) is 1.00. The van der Waals surface area contributed by atoms with Gasteiger partial charge in [-0.2, -0.15) is 0 Å². The lowest BCUT2D eigenvalue weighted by Gasteiger charge is -2.49. The molecule has 4 heteroatoms. The minimum absolute atomic E-state index is 0.208. The van der Waals surface area contributed by atoms with E-state index in [1.807, 2.05) is 0 Å². The first-order chi connectivity index (χ1) is 9.28. The lowest BCUT2D eigenvalue weighted by Crippen LogP contribution is -2.54. The van der Waals surface area contributed by atoms with Gasteiger partial charge < -0.3 is 9.47 Å². The monoisotopic (exact) mass is 268 g/mol. The van der Waals surface area contributed by atoms with E-state index >= 15 is 0 Å². The molecule has 2 saturated heterocycles. The molecule has 4 atom stereocenters. The second kappa shape index (κ2) is 5.68. The maximum Gasteiger partial charge on any atom is 0.0685 e. The molecule has 0 radical (unpaired) electrons. The van der Waals surface area contributed by atoms with Crippen molar-refractivity contribution in [1.29, 1.82) is 0 Å². The Labute approximate surface area is 116 Å². The summed E-state index contributed by atoms with van der Waals surface area (Å²) in [5, 5.41) is 0. The van der Waals surface area contributed by atoms with Crippen molar-refractivity contribution in [2.45, 2.75) is 69.6 Å². The second-order valence-corrected chi connectivity index (χ2v) is 6.60. The topological polar surface area (TPSA) is 56.5 Å². The van der Waals surface area contributed by atoms with Gasteiger partial charge in [0.15, 0.2) is 0 Å². The van der Waals surface area contributed by atoms with E-state index in [9.17, 15) is 0 Å². The maximum atomic E-state index is 6.04. The van der Waals surface area contributed by atoms with Crippen LogP contribution in [0, 0.1) is 11.8 Å². The summed E-state index contributed by atoms with van der Waals surface area (Å²) in [5.41, 5.74) is 3.34. The molecule has 4 nitrogen and oxygen atoms in total. The highest BCUT2D eigenvalue weighted by atomic mass is 16.5. The lowest BCUT2D eigenvalue weighted by molar-refractivity contribution is -0.150. The standard InChI is InChI=1S/C15H28N2O2/c1-2-13-12(5-8-18-13)14(17-16)11-4-9-19-15(10-11)6-3-7-15/h11-14,17H,2-10,16H2,1H3. The first-order valence-corrected chi connectivity index (χ1v) is 8.00. The third-order valence-electron chi connectivity index (χ3n) is 5.62. The van der Waals surface area contributed by atoms with Crippen LogP contribution >= 0.6 is 0 Å². The van der Waals surface area contributed by atoms with Crippen LogP contribution in [0.4, 0.5) is 0 Å². The Morgan fingerprint density at radius 1 is 1.32 bits per heavy atom. The summed E-state index contributed by atoms with van der Waals surface area (Å²) in [5.74, 6) is 7.13. The summed E-state index contributed by atoms with van der Waals surface area (Å²) >= 11 is 0. The van der Waals surface area contributed by atoms with Crippen LogP contribution in [0.3, 0.4) is 0 Å². The summed E-state index contributed by atoms with van der Waals surface area (Å²) in [4.78, 5) is 0. The Hall–Kier alpha value is -0.160. The fourth-order valence-electron chi connectivity index (χ4n) is 4.40. The molecule has 110 valence electrons. The van der Waals surface area contributed by atoms with Crippen LogP contribution in [0.1, 0.15) is 51.9 Å². The quantitative estimate of drug-likeness (QED) is 0.605. The molecular weight excluding hydrogens is 240 g/mol. The largest absolute Gasteiger partial charge is 0.378 e. The first kappa shape index (κ1) is 13.8. The molecule has 1 spiro atoms. The normalized spacial score (nSPS) is 39.2. The SMILES string of the molecule is CCC1OCCC1C(NN)C1CCOC2(CCC2)C1. The van der Waals surface area contributed by atoms with Crippen LogP contribution in [0.25, 0.3) is 0 Å². The van der Waals surface area contributed by atoms with E-state index < -0.39 is 0 Å². The van der Waals surface area contributed by atoms with Crippen molar-refractivity contribution in [1.82, 2.24) is 5.43 Å². The maximum absolute atomic E-state index is 6.04. The summed E-state index contributed by atoms with van der Waals surface area (Å²) < 4.78 is 11.9. The summed E-state index contributed by atoms with van der Waals surface area (Å²) in [6.45, 7) is 4.02. The van der Waals surface area contributed by atoms with Gasteiger partial charge in [0, 0.05) is 25.2 Å². The Bertz CT molecular complexity index is 307. The molecule has 0 aromatic carbocycles. The van der Waals surface area contributed by atoms with Crippen LogP contribution in [-0.2, 0) is 9.47 Å². The van der Waals surface area contributed by atoms with Crippen LogP contribution in [0.2, 0.25) is 0 Å². The molecule has 2 heterocycles. The first-order valence-electron chi connectivity index (χ1n) is 8.00. The molecule has 1 aliphatic carbocycles. The van der Waals surface area contributed by atoms with Gasteiger partial charge in [-0.05, 0) is 50.9 Å². The van der Waals surface area contributed by atoms with Crippen molar-refractivity contribution in [2.75, 3.05) is 13.2 Å². The zero-order chi connectivity index (χ0) is 13.3. The molecule has 0 amide bonds. The molecule has 3 N–H and O–H groups in total. The highest BCUT2D eigenvalue weighted by Crippen LogP contribution is 2.46. The predicted octanol–water partition coefficient (Wildman–Crippen LogP) is 1.98. The molecular formula is C15H28N2O2. The van der Waals surface area contributed by atoms with Gasteiger partial charge in [-0.15, -0.1) is 0 Å². The van der Waals surface area contributed by atoms with Gasteiger partial charge in [-0.25, -0.2) is 0 Å². The van der Waals surface area contributed by atoms with Gasteiger partial charge in [-0.3, -0.25) is 11.3 Å². The summed E-state index contributed by atoms with van der Waals surface area (Å²) in [6.07, 6.45) is 8.80. The minimum atomic E-state index is 0.208. The van der Waals surface area contributed by atoms with Gasteiger partial charge >= 0.3 is 0 Å². The average molecular weight is 268 g/mol. The molecule has 4 unspecified atom stereocenters. The lowest BCUT2D eigenvalue weighted by atomic mass is 9.68. The van der Waals surface area contributed by atoms with Crippen molar-refractivity contribution in [3.63, 3.8) is 0 Å². The van der Waals surface area contributed by atoms with E-state index in [-0.39, 0.29) is 5.60 Å². The average Bonchev–Trinajstić information content (AvgIpc) is 2.86. The van der Waals surface area contributed by atoms with E-state index in [4.69, 9.17) is 15.3 Å². The third-order valence-corrected chi connectivity index (χ3v) is 5.62. The van der Waals surface area contributed by atoms with E-state index in [1.54, 1.807) is 0 Å². The summed E-state index contributed by atoms with van der Waals surface area (Å²) in [7, 11) is 0. The number of rotatable bonds is 4. The van der Waals surface area contributed by atoms with E-state index in [1.165, 1.54) is 25.7 Å². The third kappa shape index (κ3) is 2.56. The number of ether oxygens (including phenoxy) is 2. The highest BCUT2D eigenvalue weighted by Gasteiger charge is 2.46. The van der Waals surface area contributed by atoms with Gasteiger partial charge in [0.25, 0.3) is 0 Å². The molecule has 0 aromatic heterocycles. The van der Waals surface area contributed by atoms with Crippen molar-refractivity contribution in [3.05, 3.63) is 0 Å². The van der Waals surface area contributed by atoms with Gasteiger partial charge in [0.1, 0.15) is 0 Å².